The first kappa shape index (κ1) is 85.6. The van der Waals surface area contributed by atoms with Gasteiger partial charge in [-0.3, -0.25) is 4.79 Å². The standard InChI is InChI=1S/C78H151NO10/c1-3-5-7-9-11-13-15-17-19-21-23-25-27-29-31-33-35-36-38-40-42-44-46-48-50-52-54-56-58-60-62-64-66-71(82)77(87)79-69(68-88-78-76(86)75(85)74(84)72(67-80)89-78)73(83)70(81)65-63-61-59-57-55-53-51-49-47-45-43-41-39-37-34-32-30-28-26-24-22-20-18-16-14-12-10-8-6-4-2/h49,51,57,59,69-76,78,80-86H,3-48,50,52-56,58,60-68H2,1-2H3,(H,79,87)/b51-49+,59-57+. The number of allylic oxidation sites excluding steroid dienone is 4. The van der Waals surface area contributed by atoms with Crippen LogP contribution in [-0.2, 0) is 14.3 Å². The molecule has 1 aliphatic heterocycles. The Hall–Kier alpha value is -1.41. The van der Waals surface area contributed by atoms with Crippen LogP contribution in [0.15, 0.2) is 24.3 Å². The van der Waals surface area contributed by atoms with Crippen LogP contribution in [-0.4, -0.2) is 110 Å². The molecule has 0 aromatic carbocycles. The van der Waals surface area contributed by atoms with Gasteiger partial charge in [0, 0.05) is 0 Å². The number of rotatable bonds is 70. The summed E-state index contributed by atoms with van der Waals surface area (Å²) in [7, 11) is 0. The number of hydrogen-bond acceptors (Lipinski definition) is 10. The van der Waals surface area contributed by atoms with E-state index in [1.807, 2.05) is 0 Å². The smallest absolute Gasteiger partial charge is 0.249 e. The summed E-state index contributed by atoms with van der Waals surface area (Å²) in [5.41, 5.74) is 0. The van der Waals surface area contributed by atoms with Crippen LogP contribution in [0.1, 0.15) is 399 Å². The molecule has 1 aliphatic rings. The van der Waals surface area contributed by atoms with E-state index in [0.717, 1.165) is 38.5 Å². The number of nitrogens with one attached hydrogen (secondary N) is 1. The van der Waals surface area contributed by atoms with E-state index in [1.54, 1.807) is 0 Å². The Morgan fingerprint density at radius 1 is 0.382 bits per heavy atom. The third kappa shape index (κ3) is 53.5. The topological polar surface area (TPSA) is 189 Å². The number of carbonyl (C=O) groups excluding carboxylic acids is 1. The summed E-state index contributed by atoms with van der Waals surface area (Å²) in [6.07, 6.45) is 74.4. The molecule has 0 bridgehead atoms. The fraction of sp³-hybridized carbons (Fsp3) is 0.936. The van der Waals surface area contributed by atoms with Crippen molar-refractivity contribution in [2.24, 2.45) is 0 Å². The molecule has 528 valence electrons. The maximum atomic E-state index is 13.3. The molecule has 0 aliphatic carbocycles. The summed E-state index contributed by atoms with van der Waals surface area (Å²) in [6, 6.07) is -1.19. The van der Waals surface area contributed by atoms with Crippen LogP contribution >= 0.6 is 0 Å². The van der Waals surface area contributed by atoms with Crippen LogP contribution < -0.4 is 5.32 Å². The molecule has 89 heavy (non-hydrogen) atoms. The Labute approximate surface area is 550 Å². The minimum absolute atomic E-state index is 0.250. The molecule has 9 unspecified atom stereocenters. The molecule has 1 fully saturated rings. The molecule has 0 saturated carbocycles. The molecular weight excluding hydrogens is 1110 g/mol. The molecule has 0 radical (unpaired) electrons. The Morgan fingerprint density at radius 3 is 1.00 bits per heavy atom. The van der Waals surface area contributed by atoms with Gasteiger partial charge in [0.05, 0.1) is 25.4 Å². The summed E-state index contributed by atoms with van der Waals surface area (Å²) >= 11 is 0. The second-order valence-corrected chi connectivity index (χ2v) is 27.8. The van der Waals surface area contributed by atoms with Gasteiger partial charge in [-0.15, -0.1) is 0 Å². The SMILES string of the molecule is CCCCCCCCCCCCCCCCCCCCCCC/C=C/CC/C=C/CCCC(O)C(O)C(COC1OC(CO)C(O)C(O)C1O)NC(=O)C(O)CCCCCCCCCCCCCCCCCCCCCCCCCCCCCCCCCC. The van der Waals surface area contributed by atoms with Gasteiger partial charge in [0.25, 0.3) is 0 Å². The molecule has 1 saturated heterocycles. The van der Waals surface area contributed by atoms with Gasteiger partial charge in [-0.05, 0) is 51.4 Å². The van der Waals surface area contributed by atoms with Crippen molar-refractivity contribution in [2.75, 3.05) is 13.2 Å². The first-order valence-electron chi connectivity index (χ1n) is 39.2. The molecule has 1 amide bonds. The van der Waals surface area contributed by atoms with Crippen molar-refractivity contribution in [1.82, 2.24) is 5.32 Å². The quantitative estimate of drug-likeness (QED) is 0.0215. The Bertz CT molecular complexity index is 1500. The maximum absolute atomic E-state index is 13.3. The van der Waals surface area contributed by atoms with Crippen molar-refractivity contribution in [2.45, 2.75) is 454 Å². The van der Waals surface area contributed by atoms with Crippen LogP contribution in [0, 0.1) is 0 Å². The Kier molecular flexibility index (Phi) is 64.1. The molecule has 0 aromatic rings. The minimum Gasteiger partial charge on any atom is -0.394 e. The van der Waals surface area contributed by atoms with E-state index >= 15 is 0 Å². The summed E-state index contributed by atoms with van der Waals surface area (Å²) in [5, 5.41) is 76.6. The van der Waals surface area contributed by atoms with Crippen molar-refractivity contribution in [1.29, 1.82) is 0 Å². The average Bonchev–Trinajstić information content (AvgIpc) is 2.24. The van der Waals surface area contributed by atoms with Crippen molar-refractivity contribution >= 4 is 5.91 Å². The zero-order valence-corrected chi connectivity index (χ0v) is 58.7. The van der Waals surface area contributed by atoms with Gasteiger partial charge in [0.2, 0.25) is 5.91 Å². The lowest BCUT2D eigenvalue weighted by Gasteiger charge is -2.40. The zero-order valence-electron chi connectivity index (χ0n) is 58.7. The third-order valence-corrected chi connectivity index (χ3v) is 19.2. The van der Waals surface area contributed by atoms with Gasteiger partial charge < -0.3 is 50.5 Å². The molecule has 11 nitrogen and oxygen atoms in total. The average molecular weight is 1260 g/mol. The lowest BCUT2D eigenvalue weighted by atomic mass is 9.98. The number of hydrogen-bond donors (Lipinski definition) is 8. The molecule has 11 heteroatoms. The van der Waals surface area contributed by atoms with E-state index < -0.39 is 74.2 Å². The van der Waals surface area contributed by atoms with E-state index in [0.29, 0.717) is 19.3 Å². The molecule has 1 rings (SSSR count). The number of unbranched alkanes of at least 4 members (excludes halogenated alkanes) is 54. The first-order valence-corrected chi connectivity index (χ1v) is 39.2. The van der Waals surface area contributed by atoms with E-state index in [2.05, 4.69) is 43.5 Å². The fourth-order valence-electron chi connectivity index (χ4n) is 13.0. The van der Waals surface area contributed by atoms with Gasteiger partial charge in [0.1, 0.15) is 36.6 Å². The van der Waals surface area contributed by atoms with Crippen LogP contribution in [0.4, 0.5) is 0 Å². The number of aliphatic hydroxyl groups excluding tert-OH is 7. The van der Waals surface area contributed by atoms with Crippen molar-refractivity contribution in [3.05, 3.63) is 24.3 Å². The fourth-order valence-corrected chi connectivity index (χ4v) is 13.0. The monoisotopic (exact) mass is 1260 g/mol. The maximum Gasteiger partial charge on any atom is 0.249 e. The van der Waals surface area contributed by atoms with E-state index in [4.69, 9.17) is 9.47 Å². The van der Waals surface area contributed by atoms with E-state index in [-0.39, 0.29) is 12.8 Å². The highest BCUT2D eigenvalue weighted by atomic mass is 16.7. The van der Waals surface area contributed by atoms with Crippen LogP contribution in [0.2, 0.25) is 0 Å². The highest BCUT2D eigenvalue weighted by Gasteiger charge is 2.44. The lowest BCUT2D eigenvalue weighted by Crippen LogP contribution is -2.60. The van der Waals surface area contributed by atoms with Gasteiger partial charge in [-0.25, -0.2) is 0 Å². The molecule has 8 N–H and O–H groups in total. The largest absolute Gasteiger partial charge is 0.394 e. The van der Waals surface area contributed by atoms with Gasteiger partial charge in [-0.2, -0.15) is 0 Å². The summed E-state index contributed by atoms with van der Waals surface area (Å²) in [4.78, 5) is 13.3. The third-order valence-electron chi connectivity index (χ3n) is 19.2. The Morgan fingerprint density at radius 2 is 0.674 bits per heavy atom. The number of amides is 1. The number of carbonyl (C=O) groups is 1. The van der Waals surface area contributed by atoms with E-state index in [9.17, 15) is 40.5 Å². The molecule has 0 spiro atoms. The second-order valence-electron chi connectivity index (χ2n) is 27.8. The van der Waals surface area contributed by atoms with Crippen LogP contribution in [0.25, 0.3) is 0 Å². The minimum atomic E-state index is -1.67. The number of ether oxygens (including phenoxy) is 2. The normalized spacial score (nSPS) is 18.6. The number of aliphatic hydroxyl groups is 7. The van der Waals surface area contributed by atoms with Gasteiger partial charge in [0.15, 0.2) is 6.29 Å². The second kappa shape index (κ2) is 66.6. The van der Waals surface area contributed by atoms with Gasteiger partial charge >= 0.3 is 0 Å². The highest BCUT2D eigenvalue weighted by Crippen LogP contribution is 2.24. The lowest BCUT2D eigenvalue weighted by molar-refractivity contribution is -0.303. The molecule has 9 atom stereocenters. The van der Waals surface area contributed by atoms with Crippen molar-refractivity contribution in [3.8, 4) is 0 Å². The molecular formula is C78H151NO10. The first-order chi connectivity index (χ1) is 43.7. The van der Waals surface area contributed by atoms with E-state index in [1.165, 1.54) is 315 Å². The predicted octanol–water partition coefficient (Wildman–Crippen LogP) is 19.9. The van der Waals surface area contributed by atoms with Crippen molar-refractivity contribution < 1.29 is 50.0 Å². The van der Waals surface area contributed by atoms with Crippen molar-refractivity contribution in [3.63, 3.8) is 0 Å². The Balaban J connectivity index is 2.16. The predicted molar refractivity (Wildman–Crippen MR) is 376 cm³/mol. The summed E-state index contributed by atoms with van der Waals surface area (Å²) in [6.45, 7) is 3.51. The molecule has 1 heterocycles. The molecule has 0 aromatic heterocycles. The van der Waals surface area contributed by atoms with Crippen LogP contribution in [0.3, 0.4) is 0 Å². The zero-order chi connectivity index (χ0) is 64.6. The van der Waals surface area contributed by atoms with Crippen LogP contribution in [0.5, 0.6) is 0 Å². The summed E-state index contributed by atoms with van der Waals surface area (Å²) in [5.74, 6) is -0.702. The van der Waals surface area contributed by atoms with Gasteiger partial charge in [-0.1, -0.05) is 372 Å². The highest BCUT2D eigenvalue weighted by molar-refractivity contribution is 5.80. The summed E-state index contributed by atoms with van der Waals surface area (Å²) < 4.78 is 11.2.